The van der Waals surface area contributed by atoms with Crippen molar-refractivity contribution in [3.8, 4) is 11.5 Å². The first-order valence-electron chi connectivity index (χ1n) is 13.9. The Kier molecular flexibility index (Phi) is 11.6. The van der Waals surface area contributed by atoms with E-state index in [1.807, 2.05) is 0 Å². The Bertz CT molecular complexity index is 824. The fourth-order valence-corrected chi connectivity index (χ4v) is 5.16. The van der Waals surface area contributed by atoms with Crippen LogP contribution in [0.1, 0.15) is 105 Å². The second-order valence-corrected chi connectivity index (χ2v) is 22.9. The molecule has 2 aromatic rings. The maximum Gasteiger partial charge on any atom is 0.250 e. The van der Waals surface area contributed by atoms with Crippen LogP contribution in [0.4, 0.5) is 0 Å². The molecule has 0 saturated carbocycles. The predicted octanol–water partition coefficient (Wildman–Crippen LogP) is 11.2. The van der Waals surface area contributed by atoms with Gasteiger partial charge >= 0.3 is 0 Å². The summed E-state index contributed by atoms with van der Waals surface area (Å²) in [5, 5.41) is 0.505. The van der Waals surface area contributed by atoms with E-state index in [1.54, 1.807) is 0 Å². The van der Waals surface area contributed by atoms with Crippen molar-refractivity contribution in [2.24, 2.45) is 0 Å². The normalized spacial score (nSPS) is 14.4. The molecule has 204 valence electrons. The zero-order valence-electron chi connectivity index (χ0n) is 26.0. The quantitative estimate of drug-likeness (QED) is 0.317. The minimum atomic E-state index is -1.70. The summed E-state index contributed by atoms with van der Waals surface area (Å²) in [7, 11) is -3.40. The molecule has 0 amide bonds. The van der Waals surface area contributed by atoms with Crippen molar-refractivity contribution in [3.63, 3.8) is 0 Å². The van der Waals surface area contributed by atoms with Crippen molar-refractivity contribution in [3.05, 3.63) is 59.7 Å². The highest BCUT2D eigenvalue weighted by Crippen LogP contribution is 2.38. The zero-order valence-corrected chi connectivity index (χ0v) is 28.0. The SMILES string of the molecule is CCC(C)c1ccc(O[Si](C)(C)C(C)(C)C)cc1.CCC(C)c1ccc(O[Si](C)(C)C(C)(C)C)cc1. The van der Waals surface area contributed by atoms with Crippen LogP contribution in [0.2, 0.25) is 36.3 Å². The average Bonchev–Trinajstić information content (AvgIpc) is 2.77. The third kappa shape index (κ3) is 9.41. The Morgan fingerprint density at radius 1 is 0.556 bits per heavy atom. The van der Waals surface area contributed by atoms with E-state index in [9.17, 15) is 0 Å². The van der Waals surface area contributed by atoms with Crippen LogP contribution in [0.25, 0.3) is 0 Å². The van der Waals surface area contributed by atoms with E-state index in [2.05, 4.69) is 144 Å². The molecular weight excluding hydrogens is 473 g/mol. The lowest BCUT2D eigenvalue weighted by atomic mass is 9.99. The molecule has 2 atom stereocenters. The Labute approximate surface area is 226 Å². The predicted molar refractivity (Wildman–Crippen MR) is 166 cm³/mol. The van der Waals surface area contributed by atoms with Crippen LogP contribution in [0.5, 0.6) is 11.5 Å². The van der Waals surface area contributed by atoms with Crippen LogP contribution < -0.4 is 8.85 Å². The molecule has 0 aliphatic heterocycles. The minimum Gasteiger partial charge on any atom is -0.544 e. The molecule has 0 fully saturated rings. The van der Waals surface area contributed by atoms with Gasteiger partial charge in [0.1, 0.15) is 11.5 Å². The number of hydrogen-bond donors (Lipinski definition) is 0. The Morgan fingerprint density at radius 3 is 1.00 bits per heavy atom. The van der Waals surface area contributed by atoms with Gasteiger partial charge in [0.15, 0.2) is 0 Å². The second-order valence-electron chi connectivity index (χ2n) is 13.5. The molecule has 2 rings (SSSR count). The lowest BCUT2D eigenvalue weighted by Crippen LogP contribution is -2.43. The van der Waals surface area contributed by atoms with E-state index in [-0.39, 0.29) is 10.1 Å². The van der Waals surface area contributed by atoms with Crippen molar-refractivity contribution in [1.82, 2.24) is 0 Å². The smallest absolute Gasteiger partial charge is 0.250 e. The van der Waals surface area contributed by atoms with Crippen molar-refractivity contribution in [2.75, 3.05) is 0 Å². The molecule has 0 aliphatic rings. The summed E-state index contributed by atoms with van der Waals surface area (Å²) in [6.45, 7) is 31.8. The summed E-state index contributed by atoms with van der Waals surface area (Å²) < 4.78 is 12.5. The largest absolute Gasteiger partial charge is 0.544 e. The monoisotopic (exact) mass is 528 g/mol. The first-order valence-corrected chi connectivity index (χ1v) is 19.7. The van der Waals surface area contributed by atoms with E-state index in [1.165, 1.54) is 24.0 Å². The summed E-state index contributed by atoms with van der Waals surface area (Å²) in [5.41, 5.74) is 2.81. The van der Waals surface area contributed by atoms with Crippen molar-refractivity contribution >= 4 is 16.6 Å². The highest BCUT2D eigenvalue weighted by molar-refractivity contribution is 6.75. The molecule has 2 aromatic carbocycles. The zero-order chi connectivity index (χ0) is 27.9. The van der Waals surface area contributed by atoms with Gasteiger partial charge in [0.2, 0.25) is 16.6 Å². The molecule has 0 aromatic heterocycles. The van der Waals surface area contributed by atoms with Gasteiger partial charge in [-0.15, -0.1) is 0 Å². The average molecular weight is 529 g/mol. The Morgan fingerprint density at radius 2 is 0.806 bits per heavy atom. The van der Waals surface area contributed by atoms with Gasteiger partial charge in [-0.3, -0.25) is 0 Å². The Balaban J connectivity index is 0.000000360. The first kappa shape index (κ1) is 32.5. The van der Waals surface area contributed by atoms with E-state index in [4.69, 9.17) is 8.85 Å². The molecule has 0 saturated heterocycles. The maximum absolute atomic E-state index is 6.27. The lowest BCUT2D eigenvalue weighted by Gasteiger charge is -2.36. The van der Waals surface area contributed by atoms with Crippen LogP contribution in [0, 0.1) is 0 Å². The highest BCUT2D eigenvalue weighted by atomic mass is 28.4. The molecule has 2 nitrogen and oxygen atoms in total. The molecule has 4 heteroatoms. The molecule has 0 bridgehead atoms. The van der Waals surface area contributed by atoms with Gasteiger partial charge in [-0.1, -0.05) is 93.5 Å². The summed E-state index contributed by atoms with van der Waals surface area (Å²) in [6, 6.07) is 17.3. The van der Waals surface area contributed by atoms with Crippen molar-refractivity contribution in [1.29, 1.82) is 0 Å². The summed E-state index contributed by atoms with van der Waals surface area (Å²) in [4.78, 5) is 0. The number of rotatable bonds is 8. The van der Waals surface area contributed by atoms with E-state index in [0.29, 0.717) is 11.8 Å². The molecular formula is C32H56O2Si2. The molecule has 36 heavy (non-hydrogen) atoms. The van der Waals surface area contributed by atoms with Gasteiger partial charge in [-0.05, 0) is 96.3 Å². The van der Waals surface area contributed by atoms with Gasteiger partial charge in [-0.25, -0.2) is 0 Å². The van der Waals surface area contributed by atoms with Crippen molar-refractivity contribution in [2.45, 2.75) is 130 Å². The van der Waals surface area contributed by atoms with Crippen LogP contribution >= 0.6 is 0 Å². The molecule has 2 unspecified atom stereocenters. The first-order chi connectivity index (χ1) is 16.3. The van der Waals surface area contributed by atoms with Gasteiger partial charge in [0, 0.05) is 0 Å². The lowest BCUT2D eigenvalue weighted by molar-refractivity contribution is 0.491. The van der Waals surface area contributed by atoms with Gasteiger partial charge < -0.3 is 8.85 Å². The van der Waals surface area contributed by atoms with Crippen LogP contribution in [-0.2, 0) is 0 Å². The fourth-order valence-electron chi connectivity index (χ4n) is 3.10. The molecule has 0 radical (unpaired) electrons. The standard InChI is InChI=1S/2C16H28OSi/c2*1-8-13(2)14-9-11-15(12-10-14)17-18(6,7)16(3,4)5/h2*9-13H,8H2,1-7H3. The summed E-state index contributed by atoms with van der Waals surface area (Å²) >= 11 is 0. The molecule has 0 aliphatic carbocycles. The molecule has 0 spiro atoms. The topological polar surface area (TPSA) is 18.5 Å². The Hall–Kier alpha value is -1.53. The van der Waals surface area contributed by atoms with Crippen LogP contribution in [-0.4, -0.2) is 16.6 Å². The molecule has 0 N–H and O–H groups in total. The summed E-state index contributed by atoms with van der Waals surface area (Å²) in [5.74, 6) is 3.31. The maximum atomic E-state index is 6.27. The van der Waals surface area contributed by atoms with Crippen molar-refractivity contribution < 1.29 is 8.85 Å². The number of benzene rings is 2. The van der Waals surface area contributed by atoms with E-state index >= 15 is 0 Å². The minimum absolute atomic E-state index is 0.252. The van der Waals surface area contributed by atoms with Gasteiger partial charge in [0.25, 0.3) is 0 Å². The summed E-state index contributed by atoms with van der Waals surface area (Å²) in [6.07, 6.45) is 2.37. The molecule has 0 heterocycles. The van der Waals surface area contributed by atoms with Gasteiger partial charge in [0.05, 0.1) is 0 Å². The van der Waals surface area contributed by atoms with Gasteiger partial charge in [-0.2, -0.15) is 0 Å². The second kappa shape index (κ2) is 12.8. The van der Waals surface area contributed by atoms with E-state index in [0.717, 1.165) is 11.5 Å². The third-order valence-electron chi connectivity index (χ3n) is 8.48. The van der Waals surface area contributed by atoms with Crippen LogP contribution in [0.15, 0.2) is 48.5 Å². The van der Waals surface area contributed by atoms with E-state index < -0.39 is 16.6 Å². The van der Waals surface area contributed by atoms with Crippen LogP contribution in [0.3, 0.4) is 0 Å². The fraction of sp³-hybridized carbons (Fsp3) is 0.625. The highest BCUT2D eigenvalue weighted by Gasteiger charge is 2.39. The number of hydrogen-bond acceptors (Lipinski definition) is 2. The third-order valence-corrected chi connectivity index (χ3v) is 17.2.